The average Bonchev–Trinajstić information content (AvgIpc) is 3.67. The normalized spacial score (nSPS) is 11.6. The van der Waals surface area contributed by atoms with Crippen LogP contribution in [0.15, 0.2) is 207 Å². The third kappa shape index (κ3) is 5.92. The monoisotopic (exact) mass is 778 g/mol. The lowest BCUT2D eigenvalue weighted by atomic mass is 9.97. The number of benzene rings is 9. The minimum absolute atomic E-state index is 0.628. The minimum Gasteiger partial charge on any atom is -0.309 e. The number of hydrogen-bond donors (Lipinski definition) is 0. The van der Waals surface area contributed by atoms with Gasteiger partial charge in [0.2, 0.25) is 0 Å². The Balaban J connectivity index is 0.914. The summed E-state index contributed by atoms with van der Waals surface area (Å²) in [6.07, 6.45) is 3.57. The van der Waals surface area contributed by atoms with Gasteiger partial charge in [-0.2, -0.15) is 0 Å². The Hall–Kier alpha value is -8.35. The molecule has 0 unspecified atom stereocenters. The second-order valence-electron chi connectivity index (χ2n) is 15.3. The van der Waals surface area contributed by atoms with Gasteiger partial charge in [0.25, 0.3) is 0 Å². The van der Waals surface area contributed by atoms with Crippen molar-refractivity contribution in [1.82, 2.24) is 29.5 Å². The number of hydrogen-bond acceptors (Lipinski definition) is 5. The highest BCUT2D eigenvalue weighted by molar-refractivity contribution is 6.27. The first-order valence-corrected chi connectivity index (χ1v) is 20.4. The first-order valence-electron chi connectivity index (χ1n) is 20.4. The molecule has 284 valence electrons. The van der Waals surface area contributed by atoms with Gasteiger partial charge in [-0.1, -0.05) is 164 Å². The van der Waals surface area contributed by atoms with Crippen molar-refractivity contribution in [3.05, 3.63) is 207 Å². The lowest BCUT2D eigenvalue weighted by molar-refractivity contribution is 1.07. The lowest BCUT2D eigenvalue weighted by Gasteiger charge is -2.12. The van der Waals surface area contributed by atoms with E-state index < -0.39 is 0 Å². The van der Waals surface area contributed by atoms with Crippen molar-refractivity contribution in [3.8, 4) is 62.1 Å². The molecule has 3 heterocycles. The fourth-order valence-corrected chi connectivity index (χ4v) is 8.78. The zero-order valence-corrected chi connectivity index (χ0v) is 32.8. The molecule has 0 amide bonds. The van der Waals surface area contributed by atoms with Gasteiger partial charge in [-0.05, 0) is 63.4 Å². The van der Waals surface area contributed by atoms with E-state index in [4.69, 9.17) is 24.9 Å². The molecule has 0 radical (unpaired) electrons. The van der Waals surface area contributed by atoms with Crippen LogP contribution < -0.4 is 0 Å². The molecule has 0 aliphatic heterocycles. The first kappa shape index (κ1) is 34.7. The van der Waals surface area contributed by atoms with Crippen molar-refractivity contribution in [1.29, 1.82) is 0 Å². The summed E-state index contributed by atoms with van der Waals surface area (Å²) in [7, 11) is 0. The van der Waals surface area contributed by atoms with Crippen molar-refractivity contribution in [2.45, 2.75) is 0 Å². The van der Waals surface area contributed by atoms with E-state index >= 15 is 0 Å². The summed E-state index contributed by atoms with van der Waals surface area (Å²) in [5, 5.41) is 6.99. The van der Waals surface area contributed by atoms with Gasteiger partial charge < -0.3 is 4.57 Å². The molecule has 6 heteroatoms. The Morgan fingerprint density at radius 1 is 0.279 bits per heavy atom. The van der Waals surface area contributed by atoms with Crippen LogP contribution in [0.1, 0.15) is 0 Å². The van der Waals surface area contributed by atoms with E-state index in [-0.39, 0.29) is 0 Å². The van der Waals surface area contributed by atoms with Crippen molar-refractivity contribution in [3.63, 3.8) is 0 Å². The van der Waals surface area contributed by atoms with Gasteiger partial charge in [0.1, 0.15) is 0 Å². The van der Waals surface area contributed by atoms with E-state index in [0.717, 1.165) is 71.9 Å². The van der Waals surface area contributed by atoms with Crippen LogP contribution in [0, 0.1) is 0 Å². The van der Waals surface area contributed by atoms with Crippen LogP contribution in [0.5, 0.6) is 0 Å². The third-order valence-corrected chi connectivity index (χ3v) is 11.8. The maximum Gasteiger partial charge on any atom is 0.164 e. The number of para-hydroxylation sites is 1. The van der Waals surface area contributed by atoms with Crippen LogP contribution in [-0.2, 0) is 0 Å². The predicted octanol–water partition coefficient (Wildman–Crippen LogP) is 13.6. The summed E-state index contributed by atoms with van der Waals surface area (Å²) < 4.78 is 2.37. The molecular weight excluding hydrogens is 745 g/mol. The maximum atomic E-state index is 5.01. The smallest absolute Gasteiger partial charge is 0.164 e. The molecule has 9 aromatic carbocycles. The van der Waals surface area contributed by atoms with Gasteiger partial charge in [-0.3, -0.25) is 9.97 Å². The Morgan fingerprint density at radius 2 is 0.705 bits per heavy atom. The molecule has 0 fully saturated rings. The number of aromatic nitrogens is 6. The molecule has 3 aromatic heterocycles. The molecule has 12 aromatic rings. The van der Waals surface area contributed by atoms with Gasteiger partial charge in [0.05, 0.1) is 22.1 Å². The van der Waals surface area contributed by atoms with Gasteiger partial charge in [0.15, 0.2) is 17.5 Å². The van der Waals surface area contributed by atoms with Crippen LogP contribution in [-0.4, -0.2) is 29.5 Å². The molecule has 0 spiro atoms. The SMILES string of the molecule is c1ccc(-c2ccc(-c3nc(-c4ccccc4)nc(-c4ccc(-c5ccc(-n6c7ccccc7c7cc8c9ccccc9c9nccnc9c8cc76)cc5)cc4)n3)cc2)cc1. The number of rotatable bonds is 6. The fraction of sp³-hybridized carbons (Fsp3) is 0. The molecule has 0 atom stereocenters. The van der Waals surface area contributed by atoms with E-state index in [1.807, 2.05) is 36.4 Å². The number of nitrogens with zero attached hydrogens (tertiary/aromatic N) is 6. The maximum absolute atomic E-state index is 5.01. The first-order chi connectivity index (χ1) is 30.2. The van der Waals surface area contributed by atoms with E-state index in [9.17, 15) is 0 Å². The molecule has 6 nitrogen and oxygen atoms in total. The summed E-state index contributed by atoms with van der Waals surface area (Å²) in [4.78, 5) is 24.6. The summed E-state index contributed by atoms with van der Waals surface area (Å²) >= 11 is 0. The third-order valence-electron chi connectivity index (χ3n) is 11.8. The molecular formula is C55H34N6. The van der Waals surface area contributed by atoms with Crippen molar-refractivity contribution < 1.29 is 0 Å². The van der Waals surface area contributed by atoms with E-state index in [1.54, 1.807) is 12.4 Å². The summed E-state index contributed by atoms with van der Waals surface area (Å²) in [5.74, 6) is 1.90. The Kier molecular flexibility index (Phi) is 8.06. The van der Waals surface area contributed by atoms with Crippen LogP contribution >= 0.6 is 0 Å². The van der Waals surface area contributed by atoms with Crippen LogP contribution in [0.25, 0.3) is 116 Å². The highest BCUT2D eigenvalue weighted by Gasteiger charge is 2.18. The molecule has 0 aliphatic carbocycles. The Bertz CT molecular complexity index is 3600. The van der Waals surface area contributed by atoms with Crippen LogP contribution in [0.2, 0.25) is 0 Å². The van der Waals surface area contributed by atoms with Crippen LogP contribution in [0.3, 0.4) is 0 Å². The number of fused-ring (bicyclic) bond motifs is 9. The Morgan fingerprint density at radius 3 is 1.30 bits per heavy atom. The second-order valence-corrected chi connectivity index (χ2v) is 15.3. The molecule has 0 saturated carbocycles. The lowest BCUT2D eigenvalue weighted by Crippen LogP contribution is -2.00. The van der Waals surface area contributed by atoms with Crippen LogP contribution in [0.4, 0.5) is 0 Å². The summed E-state index contributed by atoms with van der Waals surface area (Å²) in [5.41, 5.74) is 12.5. The summed E-state index contributed by atoms with van der Waals surface area (Å²) in [6.45, 7) is 0. The van der Waals surface area contributed by atoms with Crippen molar-refractivity contribution >= 4 is 54.4 Å². The van der Waals surface area contributed by atoms with Crippen molar-refractivity contribution in [2.75, 3.05) is 0 Å². The highest BCUT2D eigenvalue weighted by Crippen LogP contribution is 2.40. The van der Waals surface area contributed by atoms with Gasteiger partial charge in [-0.25, -0.2) is 15.0 Å². The summed E-state index contributed by atoms with van der Waals surface area (Å²) in [6, 6.07) is 68.0. The van der Waals surface area contributed by atoms with E-state index in [1.165, 1.54) is 27.1 Å². The predicted molar refractivity (Wildman–Crippen MR) is 249 cm³/mol. The zero-order valence-electron chi connectivity index (χ0n) is 32.8. The zero-order chi connectivity index (χ0) is 40.3. The Labute approximate surface area is 351 Å². The molecule has 12 rings (SSSR count). The average molecular weight is 779 g/mol. The molecule has 0 N–H and O–H groups in total. The van der Waals surface area contributed by atoms with Gasteiger partial charge in [-0.15, -0.1) is 0 Å². The molecule has 0 bridgehead atoms. The quantitative estimate of drug-likeness (QED) is 0.157. The second kappa shape index (κ2) is 14.2. The molecule has 0 saturated heterocycles. The van der Waals surface area contributed by atoms with Crippen molar-refractivity contribution in [2.24, 2.45) is 0 Å². The standard InChI is InChI=1S/C55H34N6/c1-3-11-35(12-4-1)36-19-23-40(24-20-36)54-58-53(39-13-5-2-6-14-39)59-55(60-54)41-25-21-37(22-26-41)38-27-29-42(30-28-38)61-49-18-10-9-16-44(49)47-33-46-43-15-7-8-17-45(43)51-52(57-32-31-56-51)48(46)34-50(47)61/h1-34H. The van der Waals surface area contributed by atoms with Gasteiger partial charge in [0, 0.05) is 56.3 Å². The molecule has 0 aliphatic rings. The minimum atomic E-state index is 0.628. The fourth-order valence-electron chi connectivity index (χ4n) is 8.78. The van der Waals surface area contributed by atoms with Gasteiger partial charge >= 0.3 is 0 Å². The molecule has 61 heavy (non-hydrogen) atoms. The van der Waals surface area contributed by atoms with E-state index in [0.29, 0.717) is 17.5 Å². The highest BCUT2D eigenvalue weighted by atomic mass is 15.0. The topological polar surface area (TPSA) is 69.4 Å². The van der Waals surface area contributed by atoms with E-state index in [2.05, 4.69) is 162 Å². The largest absolute Gasteiger partial charge is 0.309 e.